The predicted octanol–water partition coefficient (Wildman–Crippen LogP) is 0.641. The minimum Gasteiger partial charge on any atom is -0.481 e. The third-order valence-electron chi connectivity index (χ3n) is 2.73. The molecule has 0 aromatic heterocycles. The Morgan fingerprint density at radius 3 is 2.53 bits per heavy atom. The minimum absolute atomic E-state index is 0.111. The summed E-state index contributed by atoms with van der Waals surface area (Å²) in [7, 11) is 0. The number of hydrogen-bond acceptors (Lipinski definition) is 3. The molecule has 1 heterocycles. The number of hydrogen-bond donors (Lipinski definition) is 2. The van der Waals surface area contributed by atoms with Crippen molar-refractivity contribution < 1.29 is 14.7 Å². The Balaban J connectivity index is 1.74. The SMILES string of the molecule is O=C(CN1CC(C(=O)O)C1)Nc1ccccc1. The van der Waals surface area contributed by atoms with E-state index in [1.165, 1.54) is 0 Å². The highest BCUT2D eigenvalue weighted by atomic mass is 16.4. The van der Waals surface area contributed by atoms with E-state index in [4.69, 9.17) is 5.11 Å². The van der Waals surface area contributed by atoms with Crippen LogP contribution >= 0.6 is 0 Å². The number of carbonyl (C=O) groups is 2. The van der Waals surface area contributed by atoms with Crippen molar-refractivity contribution in [2.45, 2.75) is 0 Å². The van der Waals surface area contributed by atoms with Crippen LogP contribution in [0.4, 0.5) is 5.69 Å². The number of carboxylic acids is 1. The number of benzene rings is 1. The summed E-state index contributed by atoms with van der Waals surface area (Å²) in [6, 6.07) is 9.20. The fraction of sp³-hybridized carbons (Fsp3) is 0.333. The van der Waals surface area contributed by atoms with E-state index in [2.05, 4.69) is 5.32 Å². The molecule has 0 aliphatic carbocycles. The summed E-state index contributed by atoms with van der Waals surface area (Å²) < 4.78 is 0. The summed E-state index contributed by atoms with van der Waals surface area (Å²) in [6.07, 6.45) is 0. The van der Waals surface area contributed by atoms with Gasteiger partial charge < -0.3 is 10.4 Å². The van der Waals surface area contributed by atoms with Gasteiger partial charge in [-0.1, -0.05) is 18.2 Å². The van der Waals surface area contributed by atoms with Crippen molar-refractivity contribution in [1.29, 1.82) is 0 Å². The van der Waals surface area contributed by atoms with Gasteiger partial charge in [-0.25, -0.2) is 0 Å². The second kappa shape index (κ2) is 4.97. The van der Waals surface area contributed by atoms with E-state index in [1.807, 2.05) is 35.2 Å². The first-order valence-electron chi connectivity index (χ1n) is 5.45. The van der Waals surface area contributed by atoms with Gasteiger partial charge >= 0.3 is 5.97 Å². The molecular weight excluding hydrogens is 220 g/mol. The molecule has 1 aliphatic rings. The monoisotopic (exact) mass is 234 g/mol. The lowest BCUT2D eigenvalue weighted by molar-refractivity contribution is -0.148. The maximum atomic E-state index is 11.6. The number of likely N-dealkylation sites (tertiary alicyclic amines) is 1. The Bertz CT molecular complexity index is 413. The van der Waals surface area contributed by atoms with E-state index in [1.54, 1.807) is 0 Å². The number of amides is 1. The Hall–Kier alpha value is -1.88. The molecule has 0 unspecified atom stereocenters. The third-order valence-corrected chi connectivity index (χ3v) is 2.73. The van der Waals surface area contributed by atoms with Crippen LogP contribution in [-0.4, -0.2) is 41.5 Å². The van der Waals surface area contributed by atoms with Crippen molar-refractivity contribution in [1.82, 2.24) is 4.90 Å². The molecular formula is C12H14N2O3. The first-order chi connectivity index (χ1) is 8.15. The van der Waals surface area contributed by atoms with Crippen LogP contribution in [0.15, 0.2) is 30.3 Å². The van der Waals surface area contributed by atoms with Gasteiger partial charge in [0, 0.05) is 18.8 Å². The summed E-state index contributed by atoms with van der Waals surface area (Å²) in [5.74, 6) is -1.22. The molecule has 17 heavy (non-hydrogen) atoms. The Kier molecular flexibility index (Phi) is 3.39. The van der Waals surface area contributed by atoms with Gasteiger partial charge in [-0.2, -0.15) is 0 Å². The molecule has 1 aliphatic heterocycles. The lowest BCUT2D eigenvalue weighted by Gasteiger charge is -2.35. The quantitative estimate of drug-likeness (QED) is 0.802. The molecule has 5 heteroatoms. The fourth-order valence-electron chi connectivity index (χ4n) is 1.78. The van der Waals surface area contributed by atoms with Gasteiger partial charge in [-0.15, -0.1) is 0 Å². The highest BCUT2D eigenvalue weighted by Gasteiger charge is 2.33. The van der Waals surface area contributed by atoms with Crippen LogP contribution in [0.5, 0.6) is 0 Å². The first-order valence-corrected chi connectivity index (χ1v) is 5.45. The second-order valence-corrected chi connectivity index (χ2v) is 4.14. The highest BCUT2D eigenvalue weighted by molar-refractivity contribution is 5.92. The van der Waals surface area contributed by atoms with E-state index in [9.17, 15) is 9.59 Å². The zero-order valence-corrected chi connectivity index (χ0v) is 9.30. The topological polar surface area (TPSA) is 69.6 Å². The molecule has 0 atom stereocenters. The van der Waals surface area contributed by atoms with E-state index in [0.29, 0.717) is 13.1 Å². The minimum atomic E-state index is -0.787. The van der Waals surface area contributed by atoms with Crippen molar-refractivity contribution in [2.75, 3.05) is 25.0 Å². The Morgan fingerprint density at radius 1 is 1.29 bits per heavy atom. The number of aliphatic carboxylic acids is 1. The number of para-hydroxylation sites is 1. The van der Waals surface area contributed by atoms with Gasteiger partial charge in [0.2, 0.25) is 5.91 Å². The zero-order chi connectivity index (χ0) is 12.3. The van der Waals surface area contributed by atoms with Crippen LogP contribution < -0.4 is 5.32 Å². The van der Waals surface area contributed by atoms with Crippen molar-refractivity contribution in [3.05, 3.63) is 30.3 Å². The number of rotatable bonds is 4. The van der Waals surface area contributed by atoms with Gasteiger partial charge in [0.1, 0.15) is 0 Å². The molecule has 0 spiro atoms. The zero-order valence-electron chi connectivity index (χ0n) is 9.30. The Morgan fingerprint density at radius 2 is 1.94 bits per heavy atom. The van der Waals surface area contributed by atoms with Crippen molar-refractivity contribution in [3.63, 3.8) is 0 Å². The van der Waals surface area contributed by atoms with E-state index in [-0.39, 0.29) is 18.4 Å². The van der Waals surface area contributed by atoms with Gasteiger partial charge in [0.15, 0.2) is 0 Å². The molecule has 1 amide bonds. The van der Waals surface area contributed by atoms with Crippen molar-refractivity contribution in [2.24, 2.45) is 5.92 Å². The number of carboxylic acid groups (broad SMARTS) is 1. The third kappa shape index (κ3) is 3.04. The lowest BCUT2D eigenvalue weighted by atomic mass is 10.0. The van der Waals surface area contributed by atoms with Crippen LogP contribution in [0.3, 0.4) is 0 Å². The van der Waals surface area contributed by atoms with Crippen molar-refractivity contribution in [3.8, 4) is 0 Å². The molecule has 1 aromatic rings. The lowest BCUT2D eigenvalue weighted by Crippen LogP contribution is -2.52. The number of anilines is 1. The molecule has 0 radical (unpaired) electrons. The van der Waals surface area contributed by atoms with Crippen LogP contribution in [-0.2, 0) is 9.59 Å². The predicted molar refractivity (Wildman–Crippen MR) is 62.6 cm³/mol. The summed E-state index contributed by atoms with van der Waals surface area (Å²) >= 11 is 0. The normalized spacial score (nSPS) is 16.2. The largest absolute Gasteiger partial charge is 0.481 e. The van der Waals surface area contributed by atoms with E-state index >= 15 is 0 Å². The molecule has 0 saturated carbocycles. The Labute approximate surface area is 99.0 Å². The van der Waals surface area contributed by atoms with E-state index in [0.717, 1.165) is 5.69 Å². The fourth-order valence-corrected chi connectivity index (χ4v) is 1.78. The molecule has 90 valence electrons. The maximum absolute atomic E-state index is 11.6. The van der Waals surface area contributed by atoms with Gasteiger partial charge in [0.25, 0.3) is 0 Å². The highest BCUT2D eigenvalue weighted by Crippen LogP contribution is 2.15. The number of carbonyl (C=O) groups excluding carboxylic acids is 1. The standard InChI is InChI=1S/C12H14N2O3/c15-11(13-10-4-2-1-3-5-10)8-14-6-9(7-14)12(16)17/h1-5,9H,6-8H2,(H,13,15)(H,16,17). The van der Waals surface area contributed by atoms with Crippen LogP contribution in [0.2, 0.25) is 0 Å². The van der Waals surface area contributed by atoms with Gasteiger partial charge in [-0.05, 0) is 12.1 Å². The smallest absolute Gasteiger partial charge is 0.309 e. The van der Waals surface area contributed by atoms with Crippen LogP contribution in [0.1, 0.15) is 0 Å². The van der Waals surface area contributed by atoms with Gasteiger partial charge in [0.05, 0.1) is 12.5 Å². The summed E-state index contributed by atoms with van der Waals surface area (Å²) in [5, 5.41) is 11.5. The summed E-state index contributed by atoms with van der Waals surface area (Å²) in [5.41, 5.74) is 0.757. The number of nitrogens with zero attached hydrogens (tertiary/aromatic N) is 1. The molecule has 1 fully saturated rings. The van der Waals surface area contributed by atoms with E-state index < -0.39 is 5.97 Å². The maximum Gasteiger partial charge on any atom is 0.309 e. The van der Waals surface area contributed by atoms with Gasteiger partial charge in [-0.3, -0.25) is 14.5 Å². The number of nitrogens with one attached hydrogen (secondary N) is 1. The molecule has 2 N–H and O–H groups in total. The summed E-state index contributed by atoms with van der Waals surface area (Å²) in [6.45, 7) is 1.16. The van der Waals surface area contributed by atoms with Crippen molar-refractivity contribution >= 4 is 17.6 Å². The molecule has 2 rings (SSSR count). The van der Waals surface area contributed by atoms with Crippen LogP contribution in [0, 0.1) is 5.92 Å². The average molecular weight is 234 g/mol. The molecule has 1 saturated heterocycles. The average Bonchev–Trinajstić information content (AvgIpc) is 2.23. The first kappa shape index (κ1) is 11.6. The molecule has 0 bridgehead atoms. The molecule has 1 aromatic carbocycles. The van der Waals surface area contributed by atoms with Crippen LogP contribution in [0.25, 0.3) is 0 Å². The molecule has 5 nitrogen and oxygen atoms in total. The summed E-state index contributed by atoms with van der Waals surface area (Å²) in [4.78, 5) is 24.0. The second-order valence-electron chi connectivity index (χ2n) is 4.14.